The Kier molecular flexibility index (Phi) is 4.08. The molecule has 0 amide bonds. The van der Waals surface area contributed by atoms with E-state index >= 15 is 0 Å². The molecule has 1 aromatic carbocycles. The molecule has 0 saturated heterocycles. The maximum Gasteiger partial charge on any atom is 0.282 e. The molecule has 0 bridgehead atoms. The Bertz CT molecular complexity index is 930. The highest BCUT2D eigenvalue weighted by Crippen LogP contribution is 2.21. The molecule has 0 aliphatic rings. The van der Waals surface area contributed by atoms with Gasteiger partial charge in [-0.1, -0.05) is 15.9 Å². The van der Waals surface area contributed by atoms with Gasteiger partial charge >= 0.3 is 0 Å². The first-order valence-electron chi connectivity index (χ1n) is 6.45. The van der Waals surface area contributed by atoms with Crippen molar-refractivity contribution in [3.63, 3.8) is 0 Å². The molecular formula is C15H12BrN3O2S. The second-order valence-corrected chi connectivity index (χ2v) is 6.36. The van der Waals surface area contributed by atoms with Gasteiger partial charge in [0.25, 0.3) is 5.56 Å². The average molecular weight is 378 g/mol. The summed E-state index contributed by atoms with van der Waals surface area (Å²) in [5.74, 6) is 1.23. The first kappa shape index (κ1) is 14.9. The standard InChI is InChI=1S/C15H12BrN3O2S/c1-9-18-14-12(5-6-22-14)15(20)19(9)17-8-10-7-11(16)3-4-13(10)21-2/h3-8H,1-2H3/b17-8-. The van der Waals surface area contributed by atoms with Crippen LogP contribution in [-0.4, -0.2) is 23.0 Å². The van der Waals surface area contributed by atoms with Crippen molar-refractivity contribution in [1.82, 2.24) is 9.66 Å². The molecule has 0 unspecified atom stereocenters. The molecule has 2 aromatic heterocycles. The Morgan fingerprint density at radius 2 is 2.23 bits per heavy atom. The molecule has 0 radical (unpaired) electrons. The predicted octanol–water partition coefficient (Wildman–Crippen LogP) is 3.42. The van der Waals surface area contributed by atoms with Gasteiger partial charge in [-0.2, -0.15) is 9.78 Å². The Morgan fingerprint density at radius 3 is 3.00 bits per heavy atom. The molecule has 0 aliphatic heterocycles. The number of benzene rings is 1. The van der Waals surface area contributed by atoms with Crippen molar-refractivity contribution in [3.8, 4) is 5.75 Å². The lowest BCUT2D eigenvalue weighted by molar-refractivity contribution is 0.414. The number of halogens is 1. The Labute approximate surface area is 139 Å². The number of fused-ring (bicyclic) bond motifs is 1. The van der Waals surface area contributed by atoms with E-state index in [1.165, 1.54) is 16.0 Å². The van der Waals surface area contributed by atoms with Gasteiger partial charge in [0.05, 0.1) is 18.7 Å². The molecule has 112 valence electrons. The largest absolute Gasteiger partial charge is 0.496 e. The number of thiophene rings is 1. The van der Waals surface area contributed by atoms with Gasteiger partial charge in [-0.25, -0.2) is 4.98 Å². The van der Waals surface area contributed by atoms with E-state index in [1.54, 1.807) is 26.3 Å². The van der Waals surface area contributed by atoms with E-state index in [2.05, 4.69) is 26.0 Å². The molecule has 7 heteroatoms. The summed E-state index contributed by atoms with van der Waals surface area (Å²) in [6.45, 7) is 1.76. The molecule has 0 aliphatic carbocycles. The minimum absolute atomic E-state index is 0.172. The van der Waals surface area contributed by atoms with Gasteiger partial charge in [-0.3, -0.25) is 4.79 Å². The first-order valence-corrected chi connectivity index (χ1v) is 8.12. The van der Waals surface area contributed by atoms with Crippen molar-refractivity contribution >= 4 is 43.7 Å². The molecule has 0 spiro atoms. The van der Waals surface area contributed by atoms with Crippen molar-refractivity contribution in [2.75, 3.05) is 7.11 Å². The normalized spacial score (nSPS) is 11.4. The Morgan fingerprint density at radius 1 is 1.41 bits per heavy atom. The van der Waals surface area contributed by atoms with E-state index in [4.69, 9.17) is 4.74 Å². The quantitative estimate of drug-likeness (QED) is 0.657. The number of hydrogen-bond donors (Lipinski definition) is 0. The number of rotatable bonds is 3. The second kappa shape index (κ2) is 6.02. The first-order chi connectivity index (χ1) is 10.6. The highest BCUT2D eigenvalue weighted by molar-refractivity contribution is 9.10. The number of hydrogen-bond acceptors (Lipinski definition) is 5. The van der Waals surface area contributed by atoms with Crippen molar-refractivity contribution in [1.29, 1.82) is 0 Å². The summed E-state index contributed by atoms with van der Waals surface area (Å²) in [5, 5.41) is 6.70. The van der Waals surface area contributed by atoms with E-state index in [9.17, 15) is 4.79 Å². The third-order valence-corrected chi connectivity index (χ3v) is 4.44. The van der Waals surface area contributed by atoms with Crippen LogP contribution in [0.1, 0.15) is 11.4 Å². The number of aryl methyl sites for hydroxylation is 1. The van der Waals surface area contributed by atoms with E-state index in [1.807, 2.05) is 23.6 Å². The van der Waals surface area contributed by atoms with Gasteiger partial charge in [-0.05, 0) is 36.6 Å². The van der Waals surface area contributed by atoms with Crippen LogP contribution < -0.4 is 10.3 Å². The van der Waals surface area contributed by atoms with E-state index < -0.39 is 0 Å². The predicted molar refractivity (Wildman–Crippen MR) is 92.3 cm³/mol. The molecule has 0 N–H and O–H groups in total. The summed E-state index contributed by atoms with van der Waals surface area (Å²) in [4.78, 5) is 17.6. The molecule has 22 heavy (non-hydrogen) atoms. The van der Waals surface area contributed by atoms with Crippen LogP contribution in [0.5, 0.6) is 5.75 Å². The van der Waals surface area contributed by atoms with Gasteiger partial charge in [0.15, 0.2) is 0 Å². The Hall–Kier alpha value is -1.99. The second-order valence-electron chi connectivity index (χ2n) is 4.55. The molecule has 3 aromatic rings. The molecule has 5 nitrogen and oxygen atoms in total. The fourth-order valence-corrected chi connectivity index (χ4v) is 3.25. The number of nitrogens with zero attached hydrogens (tertiary/aromatic N) is 3. The van der Waals surface area contributed by atoms with Gasteiger partial charge in [0, 0.05) is 10.0 Å². The Balaban J connectivity index is 2.10. The van der Waals surface area contributed by atoms with E-state index in [0.717, 1.165) is 14.9 Å². The topological polar surface area (TPSA) is 56.5 Å². The molecular weight excluding hydrogens is 366 g/mol. The number of ether oxygens (including phenoxy) is 1. The summed E-state index contributed by atoms with van der Waals surface area (Å²) in [7, 11) is 1.59. The average Bonchev–Trinajstić information content (AvgIpc) is 2.95. The summed E-state index contributed by atoms with van der Waals surface area (Å²) in [6.07, 6.45) is 1.60. The molecule has 0 saturated carbocycles. The maximum atomic E-state index is 12.4. The molecule has 2 heterocycles. The van der Waals surface area contributed by atoms with Crippen LogP contribution in [0.3, 0.4) is 0 Å². The summed E-state index contributed by atoms with van der Waals surface area (Å²) >= 11 is 4.86. The third kappa shape index (κ3) is 2.69. The van der Waals surface area contributed by atoms with Crippen LogP contribution in [-0.2, 0) is 0 Å². The zero-order chi connectivity index (χ0) is 15.7. The van der Waals surface area contributed by atoms with Crippen molar-refractivity contribution in [3.05, 3.63) is 55.9 Å². The summed E-state index contributed by atoms with van der Waals surface area (Å²) in [6, 6.07) is 7.35. The van der Waals surface area contributed by atoms with Gasteiger partial charge in [0.1, 0.15) is 16.4 Å². The minimum atomic E-state index is -0.172. The summed E-state index contributed by atoms with van der Waals surface area (Å²) in [5.41, 5.74) is 0.600. The summed E-state index contributed by atoms with van der Waals surface area (Å²) < 4.78 is 7.50. The minimum Gasteiger partial charge on any atom is -0.496 e. The SMILES string of the molecule is COc1ccc(Br)cc1/C=N\n1c(C)nc2sccc2c1=O. The molecule has 0 atom stereocenters. The van der Waals surface area contributed by atoms with Crippen LogP contribution in [0.4, 0.5) is 0 Å². The lowest BCUT2D eigenvalue weighted by Gasteiger charge is -2.06. The van der Waals surface area contributed by atoms with Crippen molar-refractivity contribution < 1.29 is 4.74 Å². The van der Waals surface area contributed by atoms with E-state index in [0.29, 0.717) is 17.0 Å². The van der Waals surface area contributed by atoms with Crippen LogP contribution in [0.2, 0.25) is 0 Å². The molecule has 3 rings (SSSR count). The van der Waals surface area contributed by atoms with Crippen molar-refractivity contribution in [2.24, 2.45) is 5.10 Å². The smallest absolute Gasteiger partial charge is 0.282 e. The van der Waals surface area contributed by atoms with Crippen LogP contribution >= 0.6 is 27.3 Å². The monoisotopic (exact) mass is 377 g/mol. The van der Waals surface area contributed by atoms with Gasteiger partial charge < -0.3 is 4.74 Å². The highest BCUT2D eigenvalue weighted by atomic mass is 79.9. The fraction of sp³-hybridized carbons (Fsp3) is 0.133. The highest BCUT2D eigenvalue weighted by Gasteiger charge is 2.08. The number of aromatic nitrogens is 2. The zero-order valence-corrected chi connectivity index (χ0v) is 14.3. The van der Waals surface area contributed by atoms with Crippen molar-refractivity contribution in [2.45, 2.75) is 6.92 Å². The van der Waals surface area contributed by atoms with Gasteiger partial charge in [-0.15, -0.1) is 11.3 Å². The van der Waals surface area contributed by atoms with E-state index in [-0.39, 0.29) is 5.56 Å². The lowest BCUT2D eigenvalue weighted by atomic mass is 10.2. The fourth-order valence-electron chi connectivity index (χ4n) is 2.07. The van der Waals surface area contributed by atoms with Gasteiger partial charge in [0.2, 0.25) is 0 Å². The lowest BCUT2D eigenvalue weighted by Crippen LogP contribution is -2.19. The maximum absolute atomic E-state index is 12.4. The van der Waals surface area contributed by atoms with Crippen LogP contribution in [0.15, 0.2) is 44.0 Å². The van der Waals surface area contributed by atoms with Crippen LogP contribution in [0, 0.1) is 6.92 Å². The number of methoxy groups -OCH3 is 1. The third-order valence-electron chi connectivity index (χ3n) is 3.14. The van der Waals surface area contributed by atoms with Crippen LogP contribution in [0.25, 0.3) is 10.2 Å². The molecule has 0 fully saturated rings. The zero-order valence-electron chi connectivity index (χ0n) is 11.9.